The molecule has 11 heavy (non-hydrogen) atoms. The average molecular weight is 160 g/mol. The van der Waals surface area contributed by atoms with E-state index in [0.717, 1.165) is 6.42 Å². The smallest absolute Gasteiger partial charge is 0.129 e. The van der Waals surface area contributed by atoms with Crippen molar-refractivity contribution in [2.24, 2.45) is 17.8 Å². The van der Waals surface area contributed by atoms with Gasteiger partial charge >= 0.3 is 0 Å². The number of alkyl halides is 1. The van der Waals surface area contributed by atoms with Crippen molar-refractivity contribution < 1.29 is 9.50 Å². The van der Waals surface area contributed by atoms with Crippen LogP contribution in [0.3, 0.4) is 0 Å². The standard InChI is InChI=1S/C9H17FO/c1-5(2)7-4-6(3)9(11)8(7)10/h5-9,11H,4H2,1-3H3/t6?,7?,8-,9?/m0/s1. The lowest BCUT2D eigenvalue weighted by Crippen LogP contribution is -2.25. The lowest BCUT2D eigenvalue weighted by atomic mass is 9.93. The van der Waals surface area contributed by atoms with Gasteiger partial charge in [0.15, 0.2) is 0 Å². The van der Waals surface area contributed by atoms with E-state index in [1.807, 2.05) is 20.8 Å². The van der Waals surface area contributed by atoms with E-state index in [4.69, 9.17) is 0 Å². The first-order chi connectivity index (χ1) is 5.04. The topological polar surface area (TPSA) is 20.2 Å². The fourth-order valence-electron chi connectivity index (χ4n) is 1.91. The lowest BCUT2D eigenvalue weighted by Gasteiger charge is -2.17. The fraction of sp³-hybridized carbons (Fsp3) is 1.00. The van der Waals surface area contributed by atoms with Crippen LogP contribution < -0.4 is 0 Å². The van der Waals surface area contributed by atoms with Crippen molar-refractivity contribution in [2.45, 2.75) is 39.5 Å². The van der Waals surface area contributed by atoms with Crippen LogP contribution in [0.25, 0.3) is 0 Å². The highest BCUT2D eigenvalue weighted by Crippen LogP contribution is 2.37. The van der Waals surface area contributed by atoms with Crippen molar-refractivity contribution in [1.29, 1.82) is 0 Å². The fourth-order valence-corrected chi connectivity index (χ4v) is 1.91. The third kappa shape index (κ3) is 1.56. The molecule has 1 aliphatic rings. The van der Waals surface area contributed by atoms with Crippen molar-refractivity contribution in [3.05, 3.63) is 0 Å². The third-order valence-corrected chi connectivity index (χ3v) is 2.82. The maximum absolute atomic E-state index is 13.2. The second-order valence-electron chi connectivity index (χ2n) is 4.06. The Morgan fingerprint density at radius 1 is 1.45 bits per heavy atom. The van der Waals surface area contributed by atoms with E-state index in [-0.39, 0.29) is 11.8 Å². The Hall–Kier alpha value is -0.110. The molecule has 1 fully saturated rings. The third-order valence-electron chi connectivity index (χ3n) is 2.82. The molecule has 0 aromatic heterocycles. The molecular weight excluding hydrogens is 143 g/mol. The second kappa shape index (κ2) is 3.10. The molecule has 0 saturated heterocycles. The van der Waals surface area contributed by atoms with Gasteiger partial charge in [0.05, 0.1) is 6.10 Å². The first kappa shape index (κ1) is 8.98. The average Bonchev–Trinajstić information content (AvgIpc) is 2.17. The van der Waals surface area contributed by atoms with E-state index in [1.165, 1.54) is 0 Å². The summed E-state index contributed by atoms with van der Waals surface area (Å²) >= 11 is 0. The summed E-state index contributed by atoms with van der Waals surface area (Å²) < 4.78 is 13.2. The van der Waals surface area contributed by atoms with E-state index in [0.29, 0.717) is 5.92 Å². The van der Waals surface area contributed by atoms with E-state index in [9.17, 15) is 9.50 Å². The Morgan fingerprint density at radius 2 is 2.00 bits per heavy atom. The van der Waals surface area contributed by atoms with Crippen molar-refractivity contribution in [3.63, 3.8) is 0 Å². The predicted octanol–water partition coefficient (Wildman–Crippen LogP) is 2.00. The van der Waals surface area contributed by atoms with Crippen LogP contribution in [-0.2, 0) is 0 Å². The van der Waals surface area contributed by atoms with Crippen LogP contribution in [0.2, 0.25) is 0 Å². The molecule has 1 aliphatic carbocycles. The first-order valence-corrected chi connectivity index (χ1v) is 4.36. The molecule has 0 aromatic rings. The minimum atomic E-state index is -0.995. The molecule has 0 heterocycles. The maximum Gasteiger partial charge on any atom is 0.129 e. The summed E-state index contributed by atoms with van der Waals surface area (Å²) in [7, 11) is 0. The molecule has 2 heteroatoms. The number of aliphatic hydroxyl groups excluding tert-OH is 1. The van der Waals surface area contributed by atoms with Crippen molar-refractivity contribution in [3.8, 4) is 0 Å². The van der Waals surface area contributed by atoms with Gasteiger partial charge in [0.25, 0.3) is 0 Å². The molecule has 1 rings (SSSR count). The Kier molecular flexibility index (Phi) is 2.53. The minimum Gasteiger partial charge on any atom is -0.390 e. The van der Waals surface area contributed by atoms with Crippen LogP contribution in [0.15, 0.2) is 0 Å². The van der Waals surface area contributed by atoms with Gasteiger partial charge in [-0.05, 0) is 24.2 Å². The molecule has 0 aliphatic heterocycles. The maximum atomic E-state index is 13.2. The van der Waals surface area contributed by atoms with Gasteiger partial charge in [0.1, 0.15) is 6.17 Å². The molecule has 0 radical (unpaired) electrons. The zero-order chi connectivity index (χ0) is 8.59. The molecule has 0 spiro atoms. The van der Waals surface area contributed by atoms with Crippen LogP contribution in [0, 0.1) is 17.8 Å². The van der Waals surface area contributed by atoms with Gasteiger partial charge in [0.2, 0.25) is 0 Å². The van der Waals surface area contributed by atoms with Crippen LogP contribution >= 0.6 is 0 Å². The number of hydrogen-bond acceptors (Lipinski definition) is 1. The zero-order valence-electron chi connectivity index (χ0n) is 7.42. The molecule has 3 unspecified atom stereocenters. The molecule has 0 bridgehead atoms. The van der Waals surface area contributed by atoms with Gasteiger partial charge in [-0.2, -0.15) is 0 Å². The number of rotatable bonds is 1. The zero-order valence-corrected chi connectivity index (χ0v) is 7.42. The first-order valence-electron chi connectivity index (χ1n) is 4.36. The van der Waals surface area contributed by atoms with E-state index >= 15 is 0 Å². The summed E-state index contributed by atoms with van der Waals surface area (Å²) in [6, 6.07) is 0. The molecule has 4 atom stereocenters. The van der Waals surface area contributed by atoms with Crippen LogP contribution in [0.1, 0.15) is 27.2 Å². The van der Waals surface area contributed by atoms with E-state index in [1.54, 1.807) is 0 Å². The predicted molar refractivity (Wildman–Crippen MR) is 43.0 cm³/mol. The summed E-state index contributed by atoms with van der Waals surface area (Å²) in [6.07, 6.45) is -0.882. The molecular formula is C9H17FO. The summed E-state index contributed by atoms with van der Waals surface area (Å²) in [6.45, 7) is 5.95. The highest BCUT2D eigenvalue weighted by atomic mass is 19.1. The Morgan fingerprint density at radius 3 is 2.18 bits per heavy atom. The molecule has 1 N–H and O–H groups in total. The Labute approximate surface area is 67.6 Å². The van der Waals surface area contributed by atoms with Crippen molar-refractivity contribution in [1.82, 2.24) is 0 Å². The quantitative estimate of drug-likeness (QED) is 0.622. The highest BCUT2D eigenvalue weighted by molar-refractivity contribution is 4.90. The molecule has 0 aromatic carbocycles. The van der Waals surface area contributed by atoms with Gasteiger partial charge in [-0.15, -0.1) is 0 Å². The lowest BCUT2D eigenvalue weighted by molar-refractivity contribution is 0.0554. The summed E-state index contributed by atoms with van der Waals surface area (Å²) in [4.78, 5) is 0. The molecule has 0 amide bonds. The normalized spacial score (nSPS) is 45.3. The van der Waals surface area contributed by atoms with Crippen molar-refractivity contribution in [2.75, 3.05) is 0 Å². The van der Waals surface area contributed by atoms with Gasteiger partial charge < -0.3 is 5.11 Å². The number of halogens is 1. The highest BCUT2D eigenvalue weighted by Gasteiger charge is 2.41. The monoisotopic (exact) mass is 160 g/mol. The summed E-state index contributed by atoms with van der Waals surface area (Å²) in [5.41, 5.74) is 0. The van der Waals surface area contributed by atoms with Gasteiger partial charge in [-0.25, -0.2) is 4.39 Å². The van der Waals surface area contributed by atoms with Crippen LogP contribution in [-0.4, -0.2) is 17.4 Å². The largest absolute Gasteiger partial charge is 0.390 e. The number of hydrogen-bond donors (Lipinski definition) is 1. The molecule has 66 valence electrons. The van der Waals surface area contributed by atoms with Gasteiger partial charge in [-0.1, -0.05) is 20.8 Å². The summed E-state index contributed by atoms with van der Waals surface area (Å²) in [5.74, 6) is 0.557. The summed E-state index contributed by atoms with van der Waals surface area (Å²) in [5, 5.41) is 9.31. The Bertz CT molecular complexity index is 136. The van der Waals surface area contributed by atoms with E-state index < -0.39 is 12.3 Å². The van der Waals surface area contributed by atoms with Gasteiger partial charge in [0, 0.05) is 0 Å². The SMILES string of the molecule is CC(C)C1CC(C)C(O)[C@H]1F. The van der Waals surface area contributed by atoms with Gasteiger partial charge in [-0.3, -0.25) is 0 Å². The van der Waals surface area contributed by atoms with E-state index in [2.05, 4.69) is 0 Å². The number of aliphatic hydroxyl groups is 1. The molecule has 1 nitrogen and oxygen atoms in total. The minimum absolute atomic E-state index is 0.0694. The molecule has 1 saturated carbocycles. The Balaban J connectivity index is 2.59. The van der Waals surface area contributed by atoms with Crippen molar-refractivity contribution >= 4 is 0 Å². The van der Waals surface area contributed by atoms with Crippen LogP contribution in [0.5, 0.6) is 0 Å². The second-order valence-corrected chi connectivity index (χ2v) is 4.06. The van der Waals surface area contributed by atoms with Crippen LogP contribution in [0.4, 0.5) is 4.39 Å².